The molecule has 0 unspecified atom stereocenters. The van der Waals surface area contributed by atoms with Crippen molar-refractivity contribution in [3.8, 4) is 16.9 Å². The topological polar surface area (TPSA) is 91.5 Å². The maximum Gasteiger partial charge on any atom is 0.258 e. The van der Waals surface area contributed by atoms with Gasteiger partial charge in [-0.1, -0.05) is 54.1 Å². The highest BCUT2D eigenvalue weighted by Gasteiger charge is 2.35. The molecule has 3 aromatic carbocycles. The Kier molecular flexibility index (Phi) is 5.88. The molecular weight excluding hydrogens is 486 g/mol. The van der Waals surface area contributed by atoms with E-state index in [0.717, 1.165) is 27.2 Å². The first-order valence-corrected chi connectivity index (χ1v) is 13.0. The van der Waals surface area contributed by atoms with Crippen molar-refractivity contribution in [2.24, 2.45) is 0 Å². The second-order valence-electron chi connectivity index (χ2n) is 8.23. The van der Waals surface area contributed by atoms with E-state index < -0.39 is 16.1 Å². The van der Waals surface area contributed by atoms with E-state index in [4.69, 9.17) is 16.3 Å². The molecule has 4 aromatic rings. The molecule has 0 fully saturated rings. The summed E-state index contributed by atoms with van der Waals surface area (Å²) in [5.41, 5.74) is 6.17. The molecule has 35 heavy (non-hydrogen) atoms. The number of aromatic amines is 1. The van der Waals surface area contributed by atoms with E-state index in [2.05, 4.69) is 10.4 Å². The van der Waals surface area contributed by atoms with Crippen molar-refractivity contribution in [2.45, 2.75) is 6.04 Å². The van der Waals surface area contributed by atoms with Gasteiger partial charge in [0.2, 0.25) is 10.0 Å². The number of halogens is 1. The SMILES string of the molecule is COc1ccc([C@H]2C=C(c3c(-c4ccccc4)c4cc(Cl)ccc4[nH]c3=O)NN2S(C)(=O)=O)cc1. The van der Waals surface area contributed by atoms with Gasteiger partial charge in [-0.15, -0.1) is 4.41 Å². The molecule has 1 aromatic heterocycles. The predicted molar refractivity (Wildman–Crippen MR) is 139 cm³/mol. The minimum Gasteiger partial charge on any atom is -0.497 e. The van der Waals surface area contributed by atoms with Gasteiger partial charge < -0.3 is 15.1 Å². The van der Waals surface area contributed by atoms with Gasteiger partial charge in [0.15, 0.2) is 0 Å². The lowest BCUT2D eigenvalue weighted by atomic mass is 9.94. The van der Waals surface area contributed by atoms with E-state index in [0.29, 0.717) is 33.1 Å². The smallest absolute Gasteiger partial charge is 0.258 e. The fourth-order valence-corrected chi connectivity index (χ4v) is 5.37. The van der Waals surface area contributed by atoms with Gasteiger partial charge >= 0.3 is 0 Å². The Balaban J connectivity index is 1.76. The van der Waals surface area contributed by atoms with Crippen molar-refractivity contribution >= 4 is 38.2 Å². The normalized spacial score (nSPS) is 16.2. The van der Waals surface area contributed by atoms with Gasteiger partial charge in [-0.2, -0.15) is 0 Å². The summed E-state index contributed by atoms with van der Waals surface area (Å²) in [5.74, 6) is 0.657. The Bertz CT molecular complexity index is 1610. The Hall–Kier alpha value is -3.59. The number of H-pyrrole nitrogens is 1. The van der Waals surface area contributed by atoms with Crippen LogP contribution in [0, 0.1) is 0 Å². The van der Waals surface area contributed by atoms with Crippen LogP contribution in [0.15, 0.2) is 83.7 Å². The molecule has 0 bridgehead atoms. The van der Waals surface area contributed by atoms with Crippen LogP contribution in [0.3, 0.4) is 0 Å². The lowest BCUT2D eigenvalue weighted by Gasteiger charge is -2.23. The number of rotatable bonds is 5. The number of fused-ring (bicyclic) bond motifs is 1. The lowest BCUT2D eigenvalue weighted by Crippen LogP contribution is -2.39. The van der Waals surface area contributed by atoms with Gasteiger partial charge in [0, 0.05) is 21.5 Å². The molecule has 0 saturated heterocycles. The Morgan fingerprint density at radius 2 is 1.69 bits per heavy atom. The largest absolute Gasteiger partial charge is 0.497 e. The standard InChI is InChI=1S/C26H22ClN3O4S/c1-34-19-11-8-16(9-12-19)23-15-22(29-30(23)35(2,32)33)25-24(17-6-4-3-5-7-17)20-14-18(27)10-13-21(20)28-26(25)31/h3-15,23,29H,1-2H3,(H,28,31)/t23-/m1/s1. The zero-order chi connectivity index (χ0) is 24.7. The maximum atomic E-state index is 13.4. The van der Waals surface area contributed by atoms with E-state index in [1.165, 1.54) is 0 Å². The van der Waals surface area contributed by atoms with E-state index in [-0.39, 0.29) is 5.56 Å². The first kappa shape index (κ1) is 23.2. The molecule has 0 radical (unpaired) electrons. The van der Waals surface area contributed by atoms with Crippen molar-refractivity contribution in [3.63, 3.8) is 0 Å². The summed E-state index contributed by atoms with van der Waals surface area (Å²) in [4.78, 5) is 16.3. The number of sulfonamides is 1. The van der Waals surface area contributed by atoms with Crippen LogP contribution in [0.1, 0.15) is 17.2 Å². The zero-order valence-electron chi connectivity index (χ0n) is 18.9. The number of hydrogen-bond donors (Lipinski definition) is 2. The number of hydrazine groups is 1. The Morgan fingerprint density at radius 3 is 2.34 bits per heavy atom. The van der Waals surface area contributed by atoms with Gasteiger partial charge in [0.25, 0.3) is 5.56 Å². The van der Waals surface area contributed by atoms with Crippen molar-refractivity contribution in [1.29, 1.82) is 0 Å². The lowest BCUT2D eigenvalue weighted by molar-refractivity contribution is 0.350. The number of nitrogens with zero attached hydrogens (tertiary/aromatic N) is 1. The second kappa shape index (κ2) is 8.88. The minimum atomic E-state index is -3.69. The number of benzene rings is 3. The van der Waals surface area contributed by atoms with Gasteiger partial charge in [-0.25, -0.2) is 8.42 Å². The van der Waals surface area contributed by atoms with Gasteiger partial charge in [-0.3, -0.25) is 4.79 Å². The highest BCUT2D eigenvalue weighted by molar-refractivity contribution is 7.88. The fraction of sp³-hybridized carbons (Fsp3) is 0.115. The molecule has 1 aliphatic heterocycles. The molecule has 2 N–H and O–H groups in total. The Labute approximate surface area is 207 Å². The number of pyridine rings is 1. The van der Waals surface area contributed by atoms with Gasteiger partial charge in [-0.05, 0) is 47.5 Å². The third kappa shape index (κ3) is 4.32. The highest BCUT2D eigenvalue weighted by Crippen LogP contribution is 2.38. The molecule has 9 heteroatoms. The summed E-state index contributed by atoms with van der Waals surface area (Å²) in [6.07, 6.45) is 2.87. The quantitative estimate of drug-likeness (QED) is 0.408. The van der Waals surface area contributed by atoms with E-state index in [1.54, 1.807) is 55.7 Å². The maximum absolute atomic E-state index is 13.4. The number of nitrogens with one attached hydrogen (secondary N) is 2. The average molecular weight is 508 g/mol. The van der Waals surface area contributed by atoms with Crippen molar-refractivity contribution in [1.82, 2.24) is 14.8 Å². The fourth-order valence-electron chi connectivity index (χ4n) is 4.34. The summed E-state index contributed by atoms with van der Waals surface area (Å²) in [6.45, 7) is 0. The molecule has 1 aliphatic rings. The average Bonchev–Trinajstić information content (AvgIpc) is 3.30. The number of methoxy groups -OCH3 is 1. The minimum absolute atomic E-state index is 0.329. The third-order valence-electron chi connectivity index (χ3n) is 5.93. The second-order valence-corrected chi connectivity index (χ2v) is 10.5. The van der Waals surface area contributed by atoms with Crippen LogP contribution in [0.5, 0.6) is 5.75 Å². The summed E-state index contributed by atoms with van der Waals surface area (Å²) >= 11 is 6.32. The molecule has 178 valence electrons. The van der Waals surface area contributed by atoms with Crippen molar-refractivity contribution < 1.29 is 13.2 Å². The molecule has 1 atom stereocenters. The molecular formula is C26H22ClN3O4S. The Morgan fingerprint density at radius 1 is 0.971 bits per heavy atom. The molecule has 0 spiro atoms. The molecule has 5 rings (SSSR count). The first-order chi connectivity index (χ1) is 16.8. The highest BCUT2D eigenvalue weighted by atomic mass is 35.5. The molecule has 0 amide bonds. The summed E-state index contributed by atoms with van der Waals surface area (Å²) in [5, 5.41) is 1.27. The zero-order valence-corrected chi connectivity index (χ0v) is 20.5. The molecule has 0 aliphatic carbocycles. The summed E-state index contributed by atoms with van der Waals surface area (Å²) in [7, 11) is -2.12. The number of aromatic nitrogens is 1. The van der Waals surface area contributed by atoms with Crippen LogP contribution in [-0.4, -0.2) is 31.2 Å². The van der Waals surface area contributed by atoms with Crippen LogP contribution < -0.4 is 15.7 Å². The predicted octanol–water partition coefficient (Wildman–Crippen LogP) is 4.72. The summed E-state index contributed by atoms with van der Waals surface area (Å²) in [6, 6.07) is 21.2. The van der Waals surface area contributed by atoms with Gasteiger partial charge in [0.05, 0.1) is 30.7 Å². The van der Waals surface area contributed by atoms with Crippen LogP contribution in [0.4, 0.5) is 0 Å². The van der Waals surface area contributed by atoms with E-state index in [1.807, 2.05) is 30.3 Å². The van der Waals surface area contributed by atoms with Crippen LogP contribution in [0.2, 0.25) is 5.02 Å². The van der Waals surface area contributed by atoms with Crippen LogP contribution >= 0.6 is 11.6 Å². The monoisotopic (exact) mass is 507 g/mol. The number of hydrogen-bond acceptors (Lipinski definition) is 5. The summed E-state index contributed by atoms with van der Waals surface area (Å²) < 4.78 is 31.8. The van der Waals surface area contributed by atoms with E-state index in [9.17, 15) is 13.2 Å². The third-order valence-corrected chi connectivity index (χ3v) is 7.20. The van der Waals surface area contributed by atoms with E-state index >= 15 is 0 Å². The van der Waals surface area contributed by atoms with Gasteiger partial charge in [0.1, 0.15) is 5.75 Å². The molecule has 0 saturated carbocycles. The van der Waals surface area contributed by atoms with Crippen molar-refractivity contribution in [2.75, 3.05) is 13.4 Å². The van der Waals surface area contributed by atoms with Crippen LogP contribution in [-0.2, 0) is 10.0 Å². The van der Waals surface area contributed by atoms with Crippen LogP contribution in [0.25, 0.3) is 27.7 Å². The number of ether oxygens (including phenoxy) is 1. The molecule has 7 nitrogen and oxygen atoms in total. The first-order valence-electron chi connectivity index (χ1n) is 10.8. The van der Waals surface area contributed by atoms with Crippen molar-refractivity contribution in [3.05, 3.63) is 105 Å². The molecule has 2 heterocycles.